The van der Waals surface area contributed by atoms with Gasteiger partial charge in [0.05, 0.1) is 18.8 Å². The monoisotopic (exact) mass is 374 g/mol. The minimum Gasteiger partial charge on any atom is -0.545 e. The number of nitrogens with one attached hydrogen (secondary N) is 1. The fourth-order valence-corrected chi connectivity index (χ4v) is 2.75. The summed E-state index contributed by atoms with van der Waals surface area (Å²) >= 11 is 6.93. The summed E-state index contributed by atoms with van der Waals surface area (Å²) < 4.78 is 5.07. The quantitative estimate of drug-likeness (QED) is 0.507. The van der Waals surface area contributed by atoms with Crippen molar-refractivity contribution < 1.29 is 49.0 Å². The number of carbonyl (C=O) groups excluding carboxylic acids is 2. The first-order valence-electron chi connectivity index (χ1n) is 6.43. The molecule has 6 nitrogen and oxygen atoms in total. The Balaban J connectivity index is 0.00000288. The Hall–Kier alpha value is -1.25. The summed E-state index contributed by atoms with van der Waals surface area (Å²) in [5.74, 6) is -1.15. The average Bonchev–Trinajstić information content (AvgIpc) is 2.52. The van der Waals surface area contributed by atoms with Crippen molar-refractivity contribution in [1.29, 1.82) is 0 Å². The molecule has 0 atom stereocenters. The van der Waals surface area contributed by atoms with Crippen LogP contribution in [0, 0.1) is 0 Å². The van der Waals surface area contributed by atoms with Crippen LogP contribution < -0.4 is 44.7 Å². The number of ether oxygens (including phenoxy) is 1. The van der Waals surface area contributed by atoms with Crippen molar-refractivity contribution in [2.45, 2.75) is 5.03 Å². The first kappa shape index (κ1) is 20.8. The van der Waals surface area contributed by atoms with Crippen LogP contribution in [0.25, 0.3) is 0 Å². The molecule has 0 radical (unpaired) electrons. The third kappa shape index (κ3) is 5.99. The molecule has 0 spiro atoms. The molecule has 1 aromatic carbocycles. The predicted octanol–water partition coefficient (Wildman–Crippen LogP) is -1.16. The number of anilines is 1. The van der Waals surface area contributed by atoms with Crippen LogP contribution in [0.1, 0.15) is 10.4 Å². The normalized spacial score (nSPS) is 9.75. The third-order valence-electron chi connectivity index (χ3n) is 2.72. The van der Waals surface area contributed by atoms with Gasteiger partial charge in [0, 0.05) is 28.5 Å². The van der Waals surface area contributed by atoms with E-state index in [1.54, 1.807) is 18.2 Å². The third-order valence-corrected chi connectivity index (χ3v) is 3.95. The van der Waals surface area contributed by atoms with Crippen molar-refractivity contribution in [2.24, 2.45) is 0 Å². The van der Waals surface area contributed by atoms with Gasteiger partial charge in [0.2, 0.25) is 5.91 Å². The Morgan fingerprint density at radius 1 is 1.38 bits per heavy atom. The second kappa shape index (κ2) is 9.90. The molecule has 0 bridgehead atoms. The van der Waals surface area contributed by atoms with Crippen LogP contribution in [0.5, 0.6) is 5.75 Å². The number of benzene rings is 1. The first-order valence-corrected chi connectivity index (χ1v) is 7.79. The maximum atomic E-state index is 12.0. The molecule has 1 N–H and O–H groups in total. The summed E-state index contributed by atoms with van der Waals surface area (Å²) in [4.78, 5) is 26.9. The topological polar surface area (TPSA) is 91.3 Å². The molecule has 0 unspecified atom stereocenters. The van der Waals surface area contributed by atoms with E-state index in [0.29, 0.717) is 16.5 Å². The number of aromatic nitrogens is 1. The minimum atomic E-state index is -1.33. The number of carbonyl (C=O) groups is 2. The van der Waals surface area contributed by atoms with Crippen LogP contribution in [0.15, 0.2) is 41.6 Å². The summed E-state index contributed by atoms with van der Waals surface area (Å²) in [5, 5.41) is 14.3. The van der Waals surface area contributed by atoms with Crippen LogP contribution in [0.3, 0.4) is 0 Å². The molecule has 0 saturated carbocycles. The van der Waals surface area contributed by atoms with Gasteiger partial charge in [-0.15, -0.1) is 0 Å². The summed E-state index contributed by atoms with van der Waals surface area (Å²) in [7, 11) is 1.50. The number of aromatic carboxylic acids is 1. The van der Waals surface area contributed by atoms with Gasteiger partial charge in [-0.25, -0.2) is 4.98 Å². The second-order valence-corrected chi connectivity index (χ2v) is 5.76. The van der Waals surface area contributed by atoms with Gasteiger partial charge < -0.3 is 20.0 Å². The molecular weight excluding hydrogens is 363 g/mol. The Morgan fingerprint density at radius 3 is 2.79 bits per heavy atom. The van der Waals surface area contributed by atoms with Crippen LogP contribution in [-0.2, 0) is 4.79 Å². The van der Waals surface area contributed by atoms with Crippen LogP contribution in [0.4, 0.5) is 5.69 Å². The Labute approximate surface area is 170 Å². The van der Waals surface area contributed by atoms with Crippen molar-refractivity contribution in [3.8, 4) is 5.75 Å². The Bertz CT molecular complexity index is 745. The first-order chi connectivity index (χ1) is 11.0. The molecule has 24 heavy (non-hydrogen) atoms. The van der Waals surface area contributed by atoms with Gasteiger partial charge in [-0.3, -0.25) is 4.79 Å². The summed E-state index contributed by atoms with van der Waals surface area (Å²) in [6.45, 7) is 0. The zero-order valence-electron chi connectivity index (χ0n) is 13.0. The Kier molecular flexibility index (Phi) is 8.58. The molecule has 0 aliphatic heterocycles. The number of methoxy groups -OCH3 is 1. The molecule has 0 saturated heterocycles. The van der Waals surface area contributed by atoms with Gasteiger partial charge in [0.15, 0.2) is 0 Å². The predicted molar refractivity (Wildman–Crippen MR) is 85.9 cm³/mol. The smallest absolute Gasteiger partial charge is 0.545 e. The maximum absolute atomic E-state index is 12.0. The molecule has 9 heteroatoms. The zero-order valence-corrected chi connectivity index (χ0v) is 16.6. The van der Waals surface area contributed by atoms with Crippen LogP contribution in [-0.4, -0.2) is 29.7 Å². The molecule has 0 aliphatic carbocycles. The molecule has 0 aliphatic rings. The summed E-state index contributed by atoms with van der Waals surface area (Å²) in [5.41, 5.74) is 0.441. The van der Waals surface area contributed by atoms with Crippen molar-refractivity contribution >= 4 is 40.9 Å². The molecule has 120 valence electrons. The zero-order chi connectivity index (χ0) is 16.8. The molecule has 1 amide bonds. The van der Waals surface area contributed by atoms with E-state index in [1.165, 1.54) is 25.4 Å². The van der Waals surface area contributed by atoms with Gasteiger partial charge in [-0.05, 0) is 24.3 Å². The number of halogens is 1. The number of nitrogens with zero attached hydrogens (tertiary/aromatic N) is 1. The maximum Gasteiger partial charge on any atom is 1.00 e. The number of rotatable bonds is 6. The molecular formula is C15H12ClN2NaO4S. The van der Waals surface area contributed by atoms with Crippen molar-refractivity contribution in [3.05, 3.63) is 47.1 Å². The molecule has 0 fully saturated rings. The van der Waals surface area contributed by atoms with E-state index in [1.807, 2.05) is 0 Å². The fraction of sp³-hybridized carbons (Fsp3) is 0.133. The average molecular weight is 375 g/mol. The van der Waals surface area contributed by atoms with E-state index in [-0.39, 0.29) is 51.8 Å². The SMILES string of the molecule is COc1cc(Cl)cc(NC(=O)CSc2ncccc2C(=O)[O-])c1.[Na+]. The number of carboxylic acids is 1. The largest absolute Gasteiger partial charge is 1.00 e. The number of carboxylic acid groups (broad SMARTS) is 1. The molecule has 2 rings (SSSR count). The Morgan fingerprint density at radius 2 is 2.12 bits per heavy atom. The molecule has 1 heterocycles. The molecule has 2 aromatic rings. The number of hydrogen-bond donors (Lipinski definition) is 1. The fourth-order valence-electron chi connectivity index (χ4n) is 1.74. The van der Waals surface area contributed by atoms with Gasteiger partial charge in [-0.1, -0.05) is 23.4 Å². The van der Waals surface area contributed by atoms with E-state index < -0.39 is 5.97 Å². The number of amides is 1. The van der Waals surface area contributed by atoms with E-state index in [0.717, 1.165) is 11.8 Å². The molecule has 1 aromatic heterocycles. The van der Waals surface area contributed by atoms with E-state index in [9.17, 15) is 14.7 Å². The van der Waals surface area contributed by atoms with E-state index >= 15 is 0 Å². The van der Waals surface area contributed by atoms with Crippen molar-refractivity contribution in [3.63, 3.8) is 0 Å². The standard InChI is InChI=1S/C15H13ClN2O4S.Na/c1-22-11-6-9(16)5-10(7-11)18-13(19)8-23-14-12(15(20)21)3-2-4-17-14;/h2-7H,8H2,1H3,(H,18,19)(H,20,21);/q;+1/p-1. The minimum absolute atomic E-state index is 0. The second-order valence-electron chi connectivity index (χ2n) is 4.36. The van der Waals surface area contributed by atoms with E-state index in [2.05, 4.69) is 10.3 Å². The van der Waals surface area contributed by atoms with Gasteiger partial charge >= 0.3 is 29.6 Å². The van der Waals surface area contributed by atoms with Gasteiger partial charge in [0.25, 0.3) is 0 Å². The summed E-state index contributed by atoms with van der Waals surface area (Å²) in [6.07, 6.45) is 1.45. The van der Waals surface area contributed by atoms with Crippen molar-refractivity contribution in [1.82, 2.24) is 4.98 Å². The van der Waals surface area contributed by atoms with Crippen LogP contribution >= 0.6 is 23.4 Å². The summed E-state index contributed by atoms with van der Waals surface area (Å²) in [6, 6.07) is 7.70. The number of hydrogen-bond acceptors (Lipinski definition) is 6. The van der Waals surface area contributed by atoms with Crippen molar-refractivity contribution in [2.75, 3.05) is 18.2 Å². The van der Waals surface area contributed by atoms with E-state index in [4.69, 9.17) is 16.3 Å². The van der Waals surface area contributed by atoms with Crippen LogP contribution in [0.2, 0.25) is 5.02 Å². The number of pyridine rings is 1. The van der Waals surface area contributed by atoms with Gasteiger partial charge in [0.1, 0.15) is 10.8 Å². The number of thioether (sulfide) groups is 1. The van der Waals surface area contributed by atoms with Gasteiger partial charge in [-0.2, -0.15) is 0 Å².